The Kier molecular flexibility index (Phi) is 2.24. The second-order valence-electron chi connectivity index (χ2n) is 2.98. The minimum absolute atomic E-state index is 0.365. The van der Waals surface area contributed by atoms with E-state index < -0.39 is 0 Å². The number of aryl methyl sites for hydroxylation is 1. The number of rotatable bonds is 2. The number of hydrogen-bond acceptors (Lipinski definition) is 4. The number of imidazole rings is 1. The fraction of sp³-hybridized carbons (Fsp3) is 0.222. The molecule has 0 saturated heterocycles. The molecule has 2 aromatic rings. The van der Waals surface area contributed by atoms with Gasteiger partial charge in [0.15, 0.2) is 5.82 Å². The van der Waals surface area contributed by atoms with Crippen molar-refractivity contribution in [1.29, 1.82) is 0 Å². The van der Waals surface area contributed by atoms with Gasteiger partial charge in [-0.1, -0.05) is 0 Å². The fourth-order valence-corrected chi connectivity index (χ4v) is 1.26. The summed E-state index contributed by atoms with van der Waals surface area (Å²) in [6.07, 6.45) is 6.90. The first-order valence-corrected chi connectivity index (χ1v) is 4.29. The Hall–Kier alpha value is -1.75. The second kappa shape index (κ2) is 3.55. The SMILES string of the molecule is Cn1ccnc1C(N)c1ncccn1. The lowest BCUT2D eigenvalue weighted by Crippen LogP contribution is -2.18. The average molecular weight is 189 g/mol. The smallest absolute Gasteiger partial charge is 0.152 e. The highest BCUT2D eigenvalue weighted by Gasteiger charge is 2.14. The lowest BCUT2D eigenvalue weighted by atomic mass is 10.3. The van der Waals surface area contributed by atoms with Crippen LogP contribution in [0.15, 0.2) is 30.9 Å². The van der Waals surface area contributed by atoms with Crippen molar-refractivity contribution in [3.05, 3.63) is 42.5 Å². The Morgan fingerprint density at radius 2 is 1.93 bits per heavy atom. The molecule has 72 valence electrons. The van der Waals surface area contributed by atoms with E-state index in [2.05, 4.69) is 15.0 Å². The number of nitrogens with zero attached hydrogens (tertiary/aromatic N) is 4. The Morgan fingerprint density at radius 1 is 1.21 bits per heavy atom. The van der Waals surface area contributed by atoms with Crippen LogP contribution in [0, 0.1) is 0 Å². The summed E-state index contributed by atoms with van der Waals surface area (Å²) >= 11 is 0. The summed E-state index contributed by atoms with van der Waals surface area (Å²) in [4.78, 5) is 12.3. The molecule has 0 fully saturated rings. The van der Waals surface area contributed by atoms with Crippen LogP contribution in [0.25, 0.3) is 0 Å². The first kappa shape index (κ1) is 8.83. The van der Waals surface area contributed by atoms with E-state index in [-0.39, 0.29) is 6.04 Å². The monoisotopic (exact) mass is 189 g/mol. The van der Waals surface area contributed by atoms with Gasteiger partial charge in [0.25, 0.3) is 0 Å². The van der Waals surface area contributed by atoms with Crippen molar-refractivity contribution in [3.8, 4) is 0 Å². The van der Waals surface area contributed by atoms with E-state index in [9.17, 15) is 0 Å². The molecular weight excluding hydrogens is 178 g/mol. The molecule has 2 N–H and O–H groups in total. The van der Waals surface area contributed by atoms with Gasteiger partial charge in [0.05, 0.1) is 0 Å². The Bertz CT molecular complexity index is 408. The van der Waals surface area contributed by atoms with E-state index in [0.29, 0.717) is 5.82 Å². The molecule has 0 radical (unpaired) electrons. The quantitative estimate of drug-likeness (QED) is 0.735. The van der Waals surface area contributed by atoms with E-state index in [0.717, 1.165) is 5.82 Å². The third-order valence-corrected chi connectivity index (χ3v) is 2.00. The van der Waals surface area contributed by atoms with Crippen LogP contribution in [-0.4, -0.2) is 19.5 Å². The van der Waals surface area contributed by atoms with Gasteiger partial charge in [0.2, 0.25) is 0 Å². The number of nitrogens with two attached hydrogens (primary N) is 1. The van der Waals surface area contributed by atoms with Crippen molar-refractivity contribution in [3.63, 3.8) is 0 Å². The molecule has 2 rings (SSSR count). The fourth-order valence-electron chi connectivity index (χ4n) is 1.26. The van der Waals surface area contributed by atoms with Crippen molar-refractivity contribution in [2.75, 3.05) is 0 Å². The van der Waals surface area contributed by atoms with Gasteiger partial charge in [0.1, 0.15) is 11.9 Å². The molecule has 2 aromatic heterocycles. The van der Waals surface area contributed by atoms with Crippen molar-refractivity contribution < 1.29 is 0 Å². The van der Waals surface area contributed by atoms with Gasteiger partial charge >= 0.3 is 0 Å². The van der Waals surface area contributed by atoms with E-state index in [1.807, 2.05) is 17.8 Å². The summed E-state index contributed by atoms with van der Waals surface area (Å²) in [7, 11) is 1.89. The highest BCUT2D eigenvalue weighted by atomic mass is 15.1. The molecular formula is C9H11N5. The van der Waals surface area contributed by atoms with Gasteiger partial charge in [-0.3, -0.25) is 0 Å². The lowest BCUT2D eigenvalue weighted by molar-refractivity contribution is 0.678. The van der Waals surface area contributed by atoms with Gasteiger partial charge in [0, 0.05) is 31.8 Å². The summed E-state index contributed by atoms with van der Waals surface area (Å²) in [5, 5.41) is 0. The van der Waals surface area contributed by atoms with Gasteiger partial charge < -0.3 is 10.3 Å². The summed E-state index contributed by atoms with van der Waals surface area (Å²) < 4.78 is 1.86. The predicted molar refractivity (Wildman–Crippen MR) is 51.3 cm³/mol. The lowest BCUT2D eigenvalue weighted by Gasteiger charge is -2.09. The first-order valence-electron chi connectivity index (χ1n) is 4.29. The molecule has 5 heteroatoms. The largest absolute Gasteiger partial charge is 0.336 e. The topological polar surface area (TPSA) is 69.6 Å². The number of hydrogen-bond donors (Lipinski definition) is 1. The molecule has 0 aliphatic rings. The van der Waals surface area contributed by atoms with Crippen LogP contribution in [0.1, 0.15) is 17.7 Å². The molecule has 5 nitrogen and oxygen atoms in total. The molecule has 1 atom stereocenters. The van der Waals surface area contributed by atoms with Crippen LogP contribution < -0.4 is 5.73 Å². The molecule has 0 aliphatic carbocycles. The molecule has 0 aromatic carbocycles. The Labute approximate surface area is 81.6 Å². The predicted octanol–water partition coefficient (Wildman–Crippen LogP) is 0.258. The van der Waals surface area contributed by atoms with Crippen LogP contribution in [0.2, 0.25) is 0 Å². The maximum atomic E-state index is 5.95. The van der Waals surface area contributed by atoms with Crippen molar-refractivity contribution in [2.45, 2.75) is 6.04 Å². The van der Waals surface area contributed by atoms with E-state index in [1.54, 1.807) is 24.7 Å². The standard InChI is InChI=1S/C9H11N5/c1-14-6-5-13-9(14)7(10)8-11-3-2-4-12-8/h2-7H,10H2,1H3. The normalized spacial score (nSPS) is 12.7. The minimum atomic E-state index is -0.365. The Morgan fingerprint density at radius 3 is 2.50 bits per heavy atom. The number of aromatic nitrogens is 4. The van der Waals surface area contributed by atoms with E-state index >= 15 is 0 Å². The molecule has 0 saturated carbocycles. The van der Waals surface area contributed by atoms with Gasteiger partial charge in [-0.2, -0.15) is 0 Å². The Balaban J connectivity index is 2.34. The summed E-state index contributed by atoms with van der Waals surface area (Å²) in [6, 6.07) is 1.39. The highest BCUT2D eigenvalue weighted by molar-refractivity contribution is 5.09. The second-order valence-corrected chi connectivity index (χ2v) is 2.98. The summed E-state index contributed by atoms with van der Waals surface area (Å²) in [6.45, 7) is 0. The molecule has 0 aliphatic heterocycles. The van der Waals surface area contributed by atoms with Gasteiger partial charge in [-0.15, -0.1) is 0 Å². The summed E-state index contributed by atoms with van der Waals surface area (Å²) in [5.41, 5.74) is 5.95. The molecule has 0 amide bonds. The summed E-state index contributed by atoms with van der Waals surface area (Å²) in [5.74, 6) is 1.35. The maximum Gasteiger partial charge on any atom is 0.152 e. The van der Waals surface area contributed by atoms with Crippen LogP contribution in [-0.2, 0) is 7.05 Å². The van der Waals surface area contributed by atoms with Crippen LogP contribution >= 0.6 is 0 Å². The van der Waals surface area contributed by atoms with Crippen molar-refractivity contribution in [2.24, 2.45) is 12.8 Å². The maximum absolute atomic E-state index is 5.95. The molecule has 0 bridgehead atoms. The zero-order valence-electron chi connectivity index (χ0n) is 7.83. The van der Waals surface area contributed by atoms with Crippen molar-refractivity contribution in [1.82, 2.24) is 19.5 Å². The highest BCUT2D eigenvalue weighted by Crippen LogP contribution is 2.11. The first-order chi connectivity index (χ1) is 6.79. The zero-order valence-corrected chi connectivity index (χ0v) is 7.83. The minimum Gasteiger partial charge on any atom is -0.336 e. The van der Waals surface area contributed by atoms with Crippen LogP contribution in [0.5, 0.6) is 0 Å². The van der Waals surface area contributed by atoms with E-state index in [1.165, 1.54) is 0 Å². The average Bonchev–Trinajstić information content (AvgIpc) is 2.65. The third kappa shape index (κ3) is 1.49. The van der Waals surface area contributed by atoms with Crippen LogP contribution in [0.3, 0.4) is 0 Å². The van der Waals surface area contributed by atoms with Crippen LogP contribution in [0.4, 0.5) is 0 Å². The van der Waals surface area contributed by atoms with Gasteiger partial charge in [-0.05, 0) is 6.07 Å². The third-order valence-electron chi connectivity index (χ3n) is 2.00. The molecule has 14 heavy (non-hydrogen) atoms. The zero-order chi connectivity index (χ0) is 9.97. The van der Waals surface area contributed by atoms with Crippen molar-refractivity contribution >= 4 is 0 Å². The molecule has 1 unspecified atom stereocenters. The molecule has 0 spiro atoms. The molecule has 2 heterocycles. The van der Waals surface area contributed by atoms with E-state index in [4.69, 9.17) is 5.73 Å². The van der Waals surface area contributed by atoms with Gasteiger partial charge in [-0.25, -0.2) is 15.0 Å².